The van der Waals surface area contributed by atoms with Crippen LogP contribution in [0.1, 0.15) is 5.56 Å². The molecule has 0 saturated carbocycles. The lowest BCUT2D eigenvalue weighted by Crippen LogP contribution is -1.88. The van der Waals surface area contributed by atoms with Crippen molar-refractivity contribution in [2.24, 2.45) is 0 Å². The standard InChI is InChI=1S/C12H11N2O/c15-9-1-2-11-3-5-12(6-4-11)14-8-7-13-10-14/h1-8,10H,9H2. The van der Waals surface area contributed by atoms with Crippen molar-refractivity contribution in [2.75, 3.05) is 6.61 Å². The summed E-state index contributed by atoms with van der Waals surface area (Å²) in [6.45, 7) is -0.177. The lowest BCUT2D eigenvalue weighted by molar-refractivity contribution is 0.233. The Morgan fingerprint density at radius 2 is 2.07 bits per heavy atom. The second-order valence-electron chi connectivity index (χ2n) is 3.13. The molecule has 1 heterocycles. The van der Waals surface area contributed by atoms with Gasteiger partial charge in [-0.25, -0.2) is 10.1 Å². The SMILES string of the molecule is [O]CC=Cc1ccc(-n2ccnc2)cc1. The fourth-order valence-electron chi connectivity index (χ4n) is 1.35. The summed E-state index contributed by atoms with van der Waals surface area (Å²) >= 11 is 0. The van der Waals surface area contributed by atoms with Crippen molar-refractivity contribution >= 4 is 6.08 Å². The Morgan fingerprint density at radius 1 is 1.27 bits per heavy atom. The van der Waals surface area contributed by atoms with Gasteiger partial charge in [-0.2, -0.15) is 0 Å². The van der Waals surface area contributed by atoms with E-state index in [1.54, 1.807) is 18.6 Å². The van der Waals surface area contributed by atoms with Crippen LogP contribution in [0.2, 0.25) is 0 Å². The van der Waals surface area contributed by atoms with Crippen LogP contribution in [0.3, 0.4) is 0 Å². The minimum atomic E-state index is -0.177. The van der Waals surface area contributed by atoms with Crippen LogP contribution < -0.4 is 0 Å². The molecule has 2 rings (SSSR count). The van der Waals surface area contributed by atoms with Gasteiger partial charge in [-0.1, -0.05) is 24.3 Å². The maximum Gasteiger partial charge on any atom is 0.101 e. The molecular formula is C12H11N2O. The first-order chi connectivity index (χ1) is 7.40. The minimum Gasteiger partial charge on any atom is -0.306 e. The molecule has 0 saturated heterocycles. The zero-order chi connectivity index (χ0) is 10.5. The number of nitrogens with zero attached hydrogens (tertiary/aromatic N) is 2. The first-order valence-electron chi connectivity index (χ1n) is 4.73. The molecule has 0 aliphatic heterocycles. The van der Waals surface area contributed by atoms with Crippen molar-refractivity contribution in [3.05, 3.63) is 54.6 Å². The lowest BCUT2D eigenvalue weighted by atomic mass is 10.2. The second kappa shape index (κ2) is 4.57. The number of aromatic nitrogens is 2. The van der Waals surface area contributed by atoms with E-state index in [2.05, 4.69) is 4.98 Å². The molecule has 3 nitrogen and oxygen atoms in total. The molecule has 1 radical (unpaired) electrons. The average Bonchev–Trinajstić information content (AvgIpc) is 2.80. The van der Waals surface area contributed by atoms with Crippen LogP contribution in [0.4, 0.5) is 0 Å². The average molecular weight is 199 g/mol. The number of hydrogen-bond donors (Lipinski definition) is 0. The van der Waals surface area contributed by atoms with E-state index < -0.39 is 0 Å². The molecule has 0 spiro atoms. The molecule has 15 heavy (non-hydrogen) atoms. The van der Waals surface area contributed by atoms with Crippen LogP contribution in [-0.4, -0.2) is 16.2 Å². The lowest BCUT2D eigenvalue weighted by Gasteiger charge is -2.01. The van der Waals surface area contributed by atoms with E-state index in [0.29, 0.717) is 0 Å². The summed E-state index contributed by atoms with van der Waals surface area (Å²) in [5.41, 5.74) is 2.10. The summed E-state index contributed by atoms with van der Waals surface area (Å²) < 4.78 is 1.93. The van der Waals surface area contributed by atoms with Gasteiger partial charge in [-0.15, -0.1) is 0 Å². The predicted octanol–water partition coefficient (Wildman–Crippen LogP) is 2.32. The maximum absolute atomic E-state index is 10.3. The van der Waals surface area contributed by atoms with E-state index in [0.717, 1.165) is 11.3 Å². The highest BCUT2D eigenvalue weighted by Crippen LogP contribution is 2.10. The van der Waals surface area contributed by atoms with Crippen molar-refractivity contribution in [1.82, 2.24) is 9.55 Å². The molecule has 0 aliphatic rings. The molecule has 3 heteroatoms. The molecule has 2 aromatic rings. The molecule has 1 aromatic carbocycles. The molecule has 0 unspecified atom stereocenters. The normalized spacial score (nSPS) is 11.0. The largest absolute Gasteiger partial charge is 0.306 e. The van der Waals surface area contributed by atoms with E-state index in [1.165, 1.54) is 0 Å². The highest BCUT2D eigenvalue weighted by Gasteiger charge is 1.93. The zero-order valence-electron chi connectivity index (χ0n) is 8.21. The number of benzene rings is 1. The first-order valence-corrected chi connectivity index (χ1v) is 4.73. The van der Waals surface area contributed by atoms with Gasteiger partial charge in [-0.3, -0.25) is 0 Å². The minimum absolute atomic E-state index is 0.177. The van der Waals surface area contributed by atoms with Crippen molar-refractivity contribution in [1.29, 1.82) is 0 Å². The monoisotopic (exact) mass is 199 g/mol. The second-order valence-corrected chi connectivity index (χ2v) is 3.13. The molecular weight excluding hydrogens is 188 g/mol. The van der Waals surface area contributed by atoms with Gasteiger partial charge in [0, 0.05) is 18.1 Å². The van der Waals surface area contributed by atoms with Crippen LogP contribution in [0.15, 0.2) is 49.1 Å². The van der Waals surface area contributed by atoms with Crippen LogP contribution in [0.5, 0.6) is 0 Å². The molecule has 0 amide bonds. The van der Waals surface area contributed by atoms with Crippen LogP contribution in [0, 0.1) is 0 Å². The fraction of sp³-hybridized carbons (Fsp3) is 0.0833. The summed E-state index contributed by atoms with van der Waals surface area (Å²) in [4.78, 5) is 3.98. The highest BCUT2D eigenvalue weighted by atomic mass is 16.2. The topological polar surface area (TPSA) is 37.7 Å². The third kappa shape index (κ3) is 2.33. The highest BCUT2D eigenvalue weighted by molar-refractivity contribution is 5.51. The van der Waals surface area contributed by atoms with Gasteiger partial charge in [0.05, 0.1) is 6.33 Å². The number of imidazole rings is 1. The first kappa shape index (κ1) is 9.68. The van der Waals surface area contributed by atoms with Gasteiger partial charge < -0.3 is 4.57 Å². The fourth-order valence-corrected chi connectivity index (χ4v) is 1.35. The predicted molar refractivity (Wildman–Crippen MR) is 58.2 cm³/mol. The smallest absolute Gasteiger partial charge is 0.101 e. The van der Waals surface area contributed by atoms with Crippen molar-refractivity contribution in [3.8, 4) is 5.69 Å². The van der Waals surface area contributed by atoms with Gasteiger partial charge in [0.25, 0.3) is 0 Å². The molecule has 0 fully saturated rings. The molecule has 0 N–H and O–H groups in total. The van der Waals surface area contributed by atoms with E-state index in [-0.39, 0.29) is 6.61 Å². The molecule has 0 atom stereocenters. The Balaban J connectivity index is 2.21. The number of hydrogen-bond acceptors (Lipinski definition) is 1. The Hall–Kier alpha value is -1.87. The molecule has 75 valence electrons. The summed E-state index contributed by atoms with van der Waals surface area (Å²) in [7, 11) is 0. The van der Waals surface area contributed by atoms with Crippen LogP contribution in [0.25, 0.3) is 11.8 Å². The summed E-state index contributed by atoms with van der Waals surface area (Å²) in [5, 5.41) is 10.3. The van der Waals surface area contributed by atoms with E-state index in [1.807, 2.05) is 41.1 Å². The van der Waals surface area contributed by atoms with Crippen molar-refractivity contribution in [3.63, 3.8) is 0 Å². The van der Waals surface area contributed by atoms with E-state index >= 15 is 0 Å². The van der Waals surface area contributed by atoms with Gasteiger partial charge in [0.1, 0.15) is 6.61 Å². The van der Waals surface area contributed by atoms with Gasteiger partial charge in [0.15, 0.2) is 0 Å². The quantitative estimate of drug-likeness (QED) is 0.747. The molecule has 0 bridgehead atoms. The van der Waals surface area contributed by atoms with Crippen molar-refractivity contribution < 1.29 is 5.11 Å². The van der Waals surface area contributed by atoms with Crippen LogP contribution in [-0.2, 0) is 5.11 Å². The third-order valence-corrected chi connectivity index (χ3v) is 2.10. The Morgan fingerprint density at radius 3 is 2.67 bits per heavy atom. The van der Waals surface area contributed by atoms with Gasteiger partial charge in [-0.05, 0) is 17.7 Å². The Kier molecular flexibility index (Phi) is 2.95. The summed E-state index contributed by atoms with van der Waals surface area (Å²) in [5.74, 6) is 0. The van der Waals surface area contributed by atoms with Crippen LogP contribution >= 0.6 is 0 Å². The Labute approximate surface area is 88.3 Å². The van der Waals surface area contributed by atoms with Gasteiger partial charge in [0.2, 0.25) is 0 Å². The maximum atomic E-state index is 10.3. The molecule has 0 aliphatic carbocycles. The summed E-state index contributed by atoms with van der Waals surface area (Å²) in [6, 6.07) is 7.93. The third-order valence-electron chi connectivity index (χ3n) is 2.10. The van der Waals surface area contributed by atoms with Crippen molar-refractivity contribution in [2.45, 2.75) is 0 Å². The number of rotatable bonds is 3. The zero-order valence-corrected chi connectivity index (χ0v) is 8.21. The summed E-state index contributed by atoms with van der Waals surface area (Å²) in [6.07, 6.45) is 8.81. The Bertz CT molecular complexity index is 429. The van der Waals surface area contributed by atoms with E-state index in [9.17, 15) is 5.11 Å². The van der Waals surface area contributed by atoms with Gasteiger partial charge >= 0.3 is 0 Å². The molecule has 1 aromatic heterocycles. The van der Waals surface area contributed by atoms with E-state index in [4.69, 9.17) is 0 Å².